The van der Waals surface area contributed by atoms with E-state index < -0.39 is 12.2 Å². The molecular weight excluding hydrogens is 389 g/mol. The Morgan fingerprint density at radius 2 is 2.00 bits per heavy atom. The van der Waals surface area contributed by atoms with Crippen molar-refractivity contribution in [3.05, 3.63) is 52.1 Å². The molecule has 1 fully saturated rings. The number of piperidine rings is 1. The van der Waals surface area contributed by atoms with Gasteiger partial charge >= 0.3 is 5.97 Å². The summed E-state index contributed by atoms with van der Waals surface area (Å²) < 4.78 is 0. The van der Waals surface area contributed by atoms with Crippen LogP contribution in [-0.4, -0.2) is 34.3 Å². The van der Waals surface area contributed by atoms with E-state index in [9.17, 15) is 9.90 Å². The third kappa shape index (κ3) is 5.25. The number of benzene rings is 1. The number of hydrogen-bond acceptors (Lipinski definition) is 5. The smallest absolute Gasteiger partial charge is 0.303 e. The summed E-state index contributed by atoms with van der Waals surface area (Å²) >= 11 is 12.1. The molecule has 2 heterocycles. The van der Waals surface area contributed by atoms with Crippen LogP contribution >= 0.6 is 23.2 Å². The number of aromatic nitrogens is 1. The molecule has 3 N–H and O–H groups in total. The van der Waals surface area contributed by atoms with Gasteiger partial charge in [-0.2, -0.15) is 0 Å². The maximum atomic E-state index is 10.9. The van der Waals surface area contributed by atoms with E-state index in [1.54, 1.807) is 36.5 Å². The molecule has 144 valence electrons. The Hall–Kier alpha value is -2.02. The zero-order valence-corrected chi connectivity index (χ0v) is 16.1. The molecule has 1 aliphatic rings. The Kier molecular flexibility index (Phi) is 6.42. The number of nitrogens with zero attached hydrogens (tertiary/aromatic N) is 2. The first-order valence-electron chi connectivity index (χ1n) is 8.74. The quantitative estimate of drug-likeness (QED) is 0.620. The summed E-state index contributed by atoms with van der Waals surface area (Å²) in [5.41, 5.74) is 1.25. The van der Waals surface area contributed by atoms with Gasteiger partial charge in [0, 0.05) is 36.3 Å². The van der Waals surface area contributed by atoms with Crippen LogP contribution in [0.1, 0.15) is 31.1 Å². The molecule has 1 aliphatic heterocycles. The first-order valence-corrected chi connectivity index (χ1v) is 9.50. The largest absolute Gasteiger partial charge is 0.481 e. The minimum Gasteiger partial charge on any atom is -0.481 e. The van der Waals surface area contributed by atoms with Crippen molar-refractivity contribution in [1.82, 2.24) is 4.98 Å². The maximum absolute atomic E-state index is 10.9. The molecule has 1 unspecified atom stereocenters. The van der Waals surface area contributed by atoms with Gasteiger partial charge in [-0.05, 0) is 37.0 Å². The highest BCUT2D eigenvalue weighted by Crippen LogP contribution is 2.32. The zero-order valence-electron chi connectivity index (χ0n) is 14.6. The highest BCUT2D eigenvalue weighted by molar-refractivity contribution is 6.31. The van der Waals surface area contributed by atoms with Crippen molar-refractivity contribution in [3.8, 4) is 0 Å². The average Bonchev–Trinajstić information content (AvgIpc) is 2.62. The number of carbonyl (C=O) groups is 1. The van der Waals surface area contributed by atoms with Crippen LogP contribution in [0.25, 0.3) is 0 Å². The van der Waals surface area contributed by atoms with Crippen LogP contribution in [0.5, 0.6) is 0 Å². The summed E-state index contributed by atoms with van der Waals surface area (Å²) in [5.74, 6) is 0.110. The monoisotopic (exact) mass is 409 g/mol. The van der Waals surface area contributed by atoms with Crippen LogP contribution < -0.4 is 10.2 Å². The fraction of sp³-hybridized carbons (Fsp3) is 0.368. The van der Waals surface area contributed by atoms with Crippen molar-refractivity contribution < 1.29 is 15.0 Å². The lowest BCUT2D eigenvalue weighted by atomic mass is 9.93. The van der Waals surface area contributed by atoms with Crippen molar-refractivity contribution >= 4 is 40.7 Å². The molecule has 1 saturated heterocycles. The van der Waals surface area contributed by atoms with Gasteiger partial charge in [-0.1, -0.05) is 35.3 Å². The molecule has 0 saturated carbocycles. The van der Waals surface area contributed by atoms with Gasteiger partial charge in [0.15, 0.2) is 12.0 Å². The number of aliphatic hydroxyl groups excluding tert-OH is 1. The van der Waals surface area contributed by atoms with Gasteiger partial charge in [0.2, 0.25) is 0 Å². The second-order valence-electron chi connectivity index (χ2n) is 6.65. The van der Waals surface area contributed by atoms with Crippen molar-refractivity contribution in [2.24, 2.45) is 5.92 Å². The number of anilines is 2. The molecule has 8 heteroatoms. The fourth-order valence-electron chi connectivity index (χ4n) is 3.29. The minimum atomic E-state index is -0.965. The SMILES string of the molecule is O=C(O)CC1CCN(c2ncc(Cl)cc2NC(O)c2cccc(Cl)c2)CC1. The molecule has 0 spiro atoms. The fourth-order valence-corrected chi connectivity index (χ4v) is 3.65. The van der Waals surface area contributed by atoms with E-state index in [0.29, 0.717) is 40.2 Å². The molecule has 0 aliphatic carbocycles. The van der Waals surface area contributed by atoms with Crippen LogP contribution in [0.3, 0.4) is 0 Å². The van der Waals surface area contributed by atoms with Crippen LogP contribution in [0.4, 0.5) is 11.5 Å². The summed E-state index contributed by atoms with van der Waals surface area (Å²) in [7, 11) is 0. The second kappa shape index (κ2) is 8.78. The van der Waals surface area contributed by atoms with Crippen molar-refractivity contribution in [2.75, 3.05) is 23.3 Å². The number of halogens is 2. The number of aliphatic hydroxyl groups is 1. The molecule has 1 atom stereocenters. The van der Waals surface area contributed by atoms with Crippen LogP contribution in [-0.2, 0) is 4.79 Å². The lowest BCUT2D eigenvalue weighted by molar-refractivity contribution is -0.138. The summed E-state index contributed by atoms with van der Waals surface area (Å²) in [6.07, 6.45) is 2.37. The standard InChI is InChI=1S/C19H21Cl2N3O3/c20-14-3-1-2-13(9-14)19(27)23-16-10-15(21)11-22-18(16)24-6-4-12(5-7-24)8-17(25)26/h1-3,9-12,19,23,27H,4-8H2,(H,25,26). The first kappa shape index (κ1) is 19.7. The highest BCUT2D eigenvalue weighted by Gasteiger charge is 2.24. The van der Waals surface area contributed by atoms with Crippen LogP contribution in [0, 0.1) is 5.92 Å². The zero-order chi connectivity index (χ0) is 19.4. The number of nitrogens with one attached hydrogen (secondary N) is 1. The molecule has 2 aromatic rings. The Labute approximate surface area is 167 Å². The van der Waals surface area contributed by atoms with Crippen molar-refractivity contribution in [1.29, 1.82) is 0 Å². The minimum absolute atomic E-state index is 0.180. The van der Waals surface area contributed by atoms with E-state index in [1.807, 2.05) is 0 Å². The molecule has 1 aromatic heterocycles. The maximum Gasteiger partial charge on any atom is 0.303 e. The van der Waals surface area contributed by atoms with E-state index >= 15 is 0 Å². The number of pyridine rings is 1. The summed E-state index contributed by atoms with van der Waals surface area (Å²) in [5, 5.41) is 23.5. The van der Waals surface area contributed by atoms with E-state index in [1.165, 1.54) is 0 Å². The van der Waals surface area contributed by atoms with Gasteiger partial charge in [-0.15, -0.1) is 0 Å². The Morgan fingerprint density at radius 1 is 1.26 bits per heavy atom. The molecule has 1 aromatic carbocycles. The summed E-state index contributed by atoms with van der Waals surface area (Å²) in [4.78, 5) is 17.4. The lowest BCUT2D eigenvalue weighted by Crippen LogP contribution is -2.35. The topological polar surface area (TPSA) is 85.7 Å². The summed E-state index contributed by atoms with van der Waals surface area (Å²) in [6, 6.07) is 8.70. The third-order valence-corrected chi connectivity index (χ3v) is 5.11. The molecule has 27 heavy (non-hydrogen) atoms. The molecule has 3 rings (SSSR count). The van der Waals surface area contributed by atoms with E-state index in [4.69, 9.17) is 28.3 Å². The number of rotatable bonds is 6. The molecule has 0 radical (unpaired) electrons. The normalized spacial score (nSPS) is 16.2. The number of carboxylic acids is 1. The van der Waals surface area contributed by atoms with Gasteiger partial charge in [-0.25, -0.2) is 4.98 Å². The molecule has 6 nitrogen and oxygen atoms in total. The van der Waals surface area contributed by atoms with E-state index in [2.05, 4.69) is 15.2 Å². The molecule has 0 amide bonds. The summed E-state index contributed by atoms with van der Waals surface area (Å²) in [6.45, 7) is 1.41. The predicted molar refractivity (Wildman–Crippen MR) is 106 cm³/mol. The lowest BCUT2D eigenvalue weighted by Gasteiger charge is -2.33. The number of carboxylic acid groups (broad SMARTS) is 1. The van der Waals surface area contributed by atoms with E-state index in [0.717, 1.165) is 12.8 Å². The van der Waals surface area contributed by atoms with Crippen LogP contribution in [0.2, 0.25) is 10.0 Å². The van der Waals surface area contributed by atoms with Crippen molar-refractivity contribution in [2.45, 2.75) is 25.5 Å². The third-order valence-electron chi connectivity index (χ3n) is 4.67. The Morgan fingerprint density at radius 3 is 2.67 bits per heavy atom. The molecular formula is C19H21Cl2N3O3. The van der Waals surface area contributed by atoms with Gasteiger partial charge in [0.05, 0.1) is 10.7 Å². The Balaban J connectivity index is 1.75. The van der Waals surface area contributed by atoms with Gasteiger partial charge < -0.3 is 20.4 Å². The molecule has 0 bridgehead atoms. The number of hydrogen-bond donors (Lipinski definition) is 3. The highest BCUT2D eigenvalue weighted by atomic mass is 35.5. The van der Waals surface area contributed by atoms with Gasteiger partial charge in [0.1, 0.15) is 0 Å². The Bertz CT molecular complexity index is 811. The first-order chi connectivity index (χ1) is 12.9. The van der Waals surface area contributed by atoms with Crippen LogP contribution in [0.15, 0.2) is 36.5 Å². The van der Waals surface area contributed by atoms with Gasteiger partial charge in [-0.3, -0.25) is 4.79 Å². The predicted octanol–water partition coefficient (Wildman–Crippen LogP) is 4.18. The van der Waals surface area contributed by atoms with Gasteiger partial charge in [0.25, 0.3) is 0 Å². The number of aliphatic carboxylic acids is 1. The average molecular weight is 410 g/mol. The van der Waals surface area contributed by atoms with Crippen molar-refractivity contribution in [3.63, 3.8) is 0 Å². The second-order valence-corrected chi connectivity index (χ2v) is 7.53. The van der Waals surface area contributed by atoms with E-state index in [-0.39, 0.29) is 12.3 Å².